The molecule has 0 radical (unpaired) electrons. The van der Waals surface area contributed by atoms with Crippen molar-refractivity contribution in [2.45, 2.75) is 19.4 Å². The van der Waals surface area contributed by atoms with Gasteiger partial charge in [0.15, 0.2) is 0 Å². The topological polar surface area (TPSA) is 24.9 Å². The van der Waals surface area contributed by atoms with E-state index < -0.39 is 0 Å². The summed E-state index contributed by atoms with van der Waals surface area (Å²) < 4.78 is 1.15. The first-order chi connectivity index (χ1) is 8.72. The molecule has 1 unspecified atom stereocenters. The predicted octanol–water partition coefficient (Wildman–Crippen LogP) is 3.66. The molecular weight excluding hydrogens is 288 g/mol. The highest BCUT2D eigenvalue weighted by Crippen LogP contribution is 2.26. The highest BCUT2D eigenvalue weighted by molar-refractivity contribution is 9.10. The van der Waals surface area contributed by atoms with Gasteiger partial charge in [-0.05, 0) is 43.3 Å². The number of aromatic nitrogens is 1. The van der Waals surface area contributed by atoms with Gasteiger partial charge >= 0.3 is 0 Å². The van der Waals surface area contributed by atoms with Crippen molar-refractivity contribution >= 4 is 15.9 Å². The molecule has 1 aromatic carbocycles. The van der Waals surface area contributed by atoms with E-state index in [1.807, 2.05) is 25.4 Å². The van der Waals surface area contributed by atoms with Gasteiger partial charge in [0.05, 0.1) is 0 Å². The average molecular weight is 305 g/mol. The number of benzene rings is 1. The van der Waals surface area contributed by atoms with Gasteiger partial charge in [-0.1, -0.05) is 34.1 Å². The summed E-state index contributed by atoms with van der Waals surface area (Å²) in [4.78, 5) is 4.39. The van der Waals surface area contributed by atoms with Gasteiger partial charge in [0.2, 0.25) is 0 Å². The van der Waals surface area contributed by atoms with Crippen LogP contribution in [-0.4, -0.2) is 12.0 Å². The molecule has 1 N–H and O–H groups in total. The number of hydrogen-bond acceptors (Lipinski definition) is 2. The van der Waals surface area contributed by atoms with Crippen LogP contribution in [0.25, 0.3) is 0 Å². The fraction of sp³-hybridized carbons (Fsp3) is 0.267. The number of hydrogen-bond donors (Lipinski definition) is 1. The maximum atomic E-state index is 4.39. The van der Waals surface area contributed by atoms with E-state index in [1.165, 1.54) is 11.1 Å². The minimum atomic E-state index is 0.289. The van der Waals surface area contributed by atoms with Gasteiger partial charge in [0.25, 0.3) is 0 Å². The summed E-state index contributed by atoms with van der Waals surface area (Å²) in [6.45, 7) is 2.14. The summed E-state index contributed by atoms with van der Waals surface area (Å²) in [5.41, 5.74) is 3.71. The molecule has 3 heteroatoms. The second-order valence-electron chi connectivity index (χ2n) is 4.32. The summed E-state index contributed by atoms with van der Waals surface area (Å²) in [6, 6.07) is 12.7. The first kappa shape index (κ1) is 13.2. The molecule has 0 aliphatic rings. The minimum Gasteiger partial charge on any atom is -0.313 e. The molecule has 2 nitrogen and oxygen atoms in total. The number of halogens is 1. The van der Waals surface area contributed by atoms with Crippen molar-refractivity contribution in [1.29, 1.82) is 0 Å². The van der Waals surface area contributed by atoms with Crippen molar-refractivity contribution in [2.24, 2.45) is 0 Å². The number of likely N-dealkylation sites (N-methyl/N-ethyl adjacent to an activating group) is 1. The Kier molecular flexibility index (Phi) is 4.50. The zero-order valence-electron chi connectivity index (χ0n) is 10.7. The molecule has 0 aliphatic heterocycles. The smallest absolute Gasteiger partial charge is 0.0422 e. The molecular formula is C15H17BrN2. The predicted molar refractivity (Wildman–Crippen MR) is 78.6 cm³/mol. The maximum absolute atomic E-state index is 4.39. The third-order valence-corrected chi connectivity index (χ3v) is 4.03. The van der Waals surface area contributed by atoms with Crippen LogP contribution in [0.1, 0.15) is 22.9 Å². The molecule has 2 aromatic rings. The summed E-state index contributed by atoms with van der Waals surface area (Å²) in [5.74, 6) is 0. The monoisotopic (exact) mass is 304 g/mol. The van der Waals surface area contributed by atoms with Gasteiger partial charge in [-0.25, -0.2) is 0 Å². The zero-order chi connectivity index (χ0) is 13.0. The Morgan fingerprint density at radius 2 is 2.06 bits per heavy atom. The normalized spacial score (nSPS) is 12.4. The van der Waals surface area contributed by atoms with E-state index in [9.17, 15) is 0 Å². The van der Waals surface area contributed by atoms with E-state index in [0.29, 0.717) is 0 Å². The van der Waals surface area contributed by atoms with Crippen molar-refractivity contribution in [1.82, 2.24) is 10.3 Å². The van der Waals surface area contributed by atoms with Crippen LogP contribution in [0.15, 0.2) is 47.1 Å². The lowest BCUT2D eigenvalue weighted by Crippen LogP contribution is -2.20. The van der Waals surface area contributed by atoms with Crippen LogP contribution in [-0.2, 0) is 6.42 Å². The lowest BCUT2D eigenvalue weighted by molar-refractivity contribution is 0.581. The molecule has 0 bridgehead atoms. The molecule has 1 aromatic heterocycles. The Morgan fingerprint density at radius 3 is 2.72 bits per heavy atom. The van der Waals surface area contributed by atoms with Gasteiger partial charge in [-0.2, -0.15) is 0 Å². The lowest BCUT2D eigenvalue weighted by Gasteiger charge is -2.19. The van der Waals surface area contributed by atoms with Crippen molar-refractivity contribution in [3.63, 3.8) is 0 Å². The Bertz CT molecular complexity index is 511. The van der Waals surface area contributed by atoms with E-state index in [2.05, 4.69) is 57.4 Å². The Balaban J connectivity index is 2.26. The van der Waals surface area contributed by atoms with Crippen molar-refractivity contribution in [3.05, 3.63) is 63.9 Å². The standard InChI is InChI=1S/C15H17BrN2/c1-11-13(7-5-8-14(11)16)15(17-2)10-12-6-3-4-9-18-12/h3-9,15,17H,10H2,1-2H3. The second-order valence-corrected chi connectivity index (χ2v) is 5.17. The number of pyridine rings is 1. The molecule has 0 aliphatic carbocycles. The first-order valence-electron chi connectivity index (χ1n) is 6.04. The molecule has 0 saturated heterocycles. The largest absolute Gasteiger partial charge is 0.313 e. The maximum Gasteiger partial charge on any atom is 0.0422 e. The SMILES string of the molecule is CNC(Cc1ccccn1)c1cccc(Br)c1C. The molecule has 18 heavy (non-hydrogen) atoms. The fourth-order valence-electron chi connectivity index (χ4n) is 2.10. The summed E-state index contributed by atoms with van der Waals surface area (Å²) in [5, 5.41) is 3.37. The third-order valence-electron chi connectivity index (χ3n) is 3.17. The van der Waals surface area contributed by atoms with Gasteiger partial charge in [-0.15, -0.1) is 0 Å². The van der Waals surface area contributed by atoms with Gasteiger partial charge in [-0.3, -0.25) is 4.98 Å². The molecule has 0 saturated carbocycles. The molecule has 1 atom stereocenters. The van der Waals surface area contributed by atoms with E-state index in [1.54, 1.807) is 0 Å². The zero-order valence-corrected chi connectivity index (χ0v) is 12.2. The molecule has 0 spiro atoms. The molecule has 1 heterocycles. The van der Waals surface area contributed by atoms with Crippen LogP contribution >= 0.6 is 15.9 Å². The van der Waals surface area contributed by atoms with E-state index in [0.717, 1.165) is 16.6 Å². The average Bonchev–Trinajstić information content (AvgIpc) is 2.41. The summed E-state index contributed by atoms with van der Waals surface area (Å²) in [6.07, 6.45) is 2.74. The highest BCUT2D eigenvalue weighted by atomic mass is 79.9. The quantitative estimate of drug-likeness (QED) is 0.932. The van der Waals surface area contributed by atoms with Gasteiger partial charge < -0.3 is 5.32 Å². The van der Waals surface area contributed by atoms with Crippen LogP contribution in [0.3, 0.4) is 0 Å². The molecule has 0 fully saturated rings. The number of nitrogens with zero attached hydrogens (tertiary/aromatic N) is 1. The van der Waals surface area contributed by atoms with Crippen LogP contribution in [0.2, 0.25) is 0 Å². The second kappa shape index (κ2) is 6.12. The molecule has 0 amide bonds. The third kappa shape index (κ3) is 2.98. The number of nitrogens with one attached hydrogen (secondary N) is 1. The van der Waals surface area contributed by atoms with Gasteiger partial charge in [0.1, 0.15) is 0 Å². The van der Waals surface area contributed by atoms with Crippen LogP contribution in [0.5, 0.6) is 0 Å². The molecule has 2 rings (SSSR count). The van der Waals surface area contributed by atoms with E-state index in [-0.39, 0.29) is 6.04 Å². The first-order valence-corrected chi connectivity index (χ1v) is 6.84. The fourth-order valence-corrected chi connectivity index (χ4v) is 2.48. The summed E-state index contributed by atoms with van der Waals surface area (Å²) in [7, 11) is 1.99. The van der Waals surface area contributed by atoms with Crippen LogP contribution in [0.4, 0.5) is 0 Å². The van der Waals surface area contributed by atoms with Crippen molar-refractivity contribution in [2.75, 3.05) is 7.05 Å². The Morgan fingerprint density at radius 1 is 1.22 bits per heavy atom. The van der Waals surface area contributed by atoms with E-state index >= 15 is 0 Å². The van der Waals surface area contributed by atoms with Gasteiger partial charge in [0, 0.05) is 28.8 Å². The van der Waals surface area contributed by atoms with Crippen molar-refractivity contribution in [3.8, 4) is 0 Å². The highest BCUT2D eigenvalue weighted by Gasteiger charge is 2.14. The molecule has 94 valence electrons. The number of rotatable bonds is 4. The lowest BCUT2D eigenvalue weighted by atomic mass is 9.97. The van der Waals surface area contributed by atoms with Crippen molar-refractivity contribution < 1.29 is 0 Å². The van der Waals surface area contributed by atoms with Crippen LogP contribution < -0.4 is 5.32 Å². The Hall–Kier alpha value is -1.19. The summed E-state index contributed by atoms with van der Waals surface area (Å²) >= 11 is 3.59. The van der Waals surface area contributed by atoms with E-state index in [4.69, 9.17) is 0 Å². The Labute approximate surface area is 117 Å². The van der Waals surface area contributed by atoms with Crippen LogP contribution in [0, 0.1) is 6.92 Å². The minimum absolute atomic E-state index is 0.289.